The number of hydrogen-bond donors (Lipinski definition) is 2. The van der Waals surface area contributed by atoms with Crippen LogP contribution < -0.4 is 5.32 Å². The predicted octanol–water partition coefficient (Wildman–Crippen LogP) is 1.05. The van der Waals surface area contributed by atoms with Gasteiger partial charge in [-0.15, -0.1) is 0 Å². The van der Waals surface area contributed by atoms with E-state index in [0.29, 0.717) is 12.1 Å². The maximum absolute atomic E-state index is 13.3. The van der Waals surface area contributed by atoms with Crippen LogP contribution in [-0.4, -0.2) is 42.0 Å². The summed E-state index contributed by atoms with van der Waals surface area (Å²) < 4.78 is 13.3. The van der Waals surface area contributed by atoms with Crippen LogP contribution in [0.15, 0.2) is 12.1 Å². The van der Waals surface area contributed by atoms with E-state index in [2.05, 4.69) is 5.32 Å². The van der Waals surface area contributed by atoms with Crippen LogP contribution in [0.5, 0.6) is 5.75 Å². The van der Waals surface area contributed by atoms with Crippen molar-refractivity contribution < 1.29 is 19.1 Å². The molecule has 6 heteroatoms. The van der Waals surface area contributed by atoms with Crippen LogP contribution in [0.4, 0.5) is 4.39 Å². The maximum atomic E-state index is 13.3. The molecule has 0 aliphatic rings. The van der Waals surface area contributed by atoms with Gasteiger partial charge in [-0.3, -0.25) is 9.59 Å². The van der Waals surface area contributed by atoms with E-state index in [0.717, 1.165) is 6.07 Å². The topological polar surface area (TPSA) is 69.6 Å². The first-order chi connectivity index (χ1) is 8.84. The lowest BCUT2D eigenvalue weighted by atomic mass is 10.1. The van der Waals surface area contributed by atoms with Crippen LogP contribution in [0.1, 0.15) is 22.8 Å². The predicted molar refractivity (Wildman–Crippen MR) is 68.4 cm³/mol. The summed E-state index contributed by atoms with van der Waals surface area (Å²) >= 11 is 0. The molecule has 0 atom stereocenters. The smallest absolute Gasteiger partial charge is 0.257 e. The van der Waals surface area contributed by atoms with Crippen LogP contribution in [0, 0.1) is 12.7 Å². The van der Waals surface area contributed by atoms with E-state index < -0.39 is 17.5 Å². The average molecular weight is 268 g/mol. The summed E-state index contributed by atoms with van der Waals surface area (Å²) in [6.45, 7) is 3.57. The van der Waals surface area contributed by atoms with E-state index in [1.54, 1.807) is 6.92 Å². The Morgan fingerprint density at radius 3 is 2.63 bits per heavy atom. The molecule has 19 heavy (non-hydrogen) atoms. The van der Waals surface area contributed by atoms with E-state index in [4.69, 9.17) is 0 Å². The molecule has 2 N–H and O–H groups in total. The quantitative estimate of drug-likeness (QED) is 0.857. The second-order valence-corrected chi connectivity index (χ2v) is 4.30. The second kappa shape index (κ2) is 6.17. The fourth-order valence-corrected chi connectivity index (χ4v) is 1.63. The zero-order chi connectivity index (χ0) is 14.6. The molecule has 0 aromatic heterocycles. The largest absolute Gasteiger partial charge is 0.504 e. The highest BCUT2D eigenvalue weighted by molar-refractivity contribution is 5.98. The number of aromatic hydroxyl groups is 1. The third kappa shape index (κ3) is 3.67. The standard InChI is InChI=1S/C13H17FN2O3/c1-8-4-5-10(14)12(18)11(8)13(19)16(3)7-6-15-9(2)17/h4-5,18H,6-7H2,1-3H3,(H,15,17). The number of hydrogen-bond acceptors (Lipinski definition) is 3. The molecule has 104 valence electrons. The number of halogens is 1. The fraction of sp³-hybridized carbons (Fsp3) is 0.385. The Labute approximate surface area is 111 Å². The van der Waals surface area contributed by atoms with Crippen molar-refractivity contribution in [1.29, 1.82) is 0 Å². The van der Waals surface area contributed by atoms with Gasteiger partial charge in [0.15, 0.2) is 11.6 Å². The van der Waals surface area contributed by atoms with Gasteiger partial charge in [0.05, 0.1) is 5.56 Å². The first-order valence-electron chi connectivity index (χ1n) is 5.82. The molecule has 2 amide bonds. The molecular formula is C13H17FN2O3. The maximum Gasteiger partial charge on any atom is 0.257 e. The second-order valence-electron chi connectivity index (χ2n) is 4.30. The van der Waals surface area contributed by atoms with Crippen molar-refractivity contribution in [2.45, 2.75) is 13.8 Å². The number of aryl methyl sites for hydroxylation is 1. The molecule has 0 spiro atoms. The van der Waals surface area contributed by atoms with Gasteiger partial charge in [-0.25, -0.2) is 4.39 Å². The van der Waals surface area contributed by atoms with E-state index in [1.807, 2.05) is 0 Å². The summed E-state index contributed by atoms with van der Waals surface area (Å²) in [6.07, 6.45) is 0. The summed E-state index contributed by atoms with van der Waals surface area (Å²) in [5.74, 6) is -2.15. The van der Waals surface area contributed by atoms with E-state index in [1.165, 1.54) is 24.9 Å². The Balaban J connectivity index is 2.83. The van der Waals surface area contributed by atoms with Gasteiger partial charge >= 0.3 is 0 Å². The lowest BCUT2D eigenvalue weighted by Gasteiger charge is -2.19. The normalized spacial score (nSPS) is 10.1. The Kier molecular flexibility index (Phi) is 4.86. The minimum absolute atomic E-state index is 0.0506. The van der Waals surface area contributed by atoms with Gasteiger partial charge in [-0.1, -0.05) is 6.07 Å². The molecule has 0 fully saturated rings. The molecule has 0 aliphatic carbocycles. The number of nitrogens with one attached hydrogen (secondary N) is 1. The molecule has 1 aromatic rings. The molecule has 0 radical (unpaired) electrons. The third-order valence-corrected chi connectivity index (χ3v) is 2.72. The molecule has 0 saturated carbocycles. The van der Waals surface area contributed by atoms with Crippen LogP contribution in [0.2, 0.25) is 0 Å². The number of carbonyl (C=O) groups is 2. The minimum Gasteiger partial charge on any atom is -0.504 e. The van der Waals surface area contributed by atoms with Crippen LogP contribution >= 0.6 is 0 Å². The van der Waals surface area contributed by atoms with Gasteiger partial charge in [0.25, 0.3) is 5.91 Å². The molecular weight excluding hydrogens is 251 g/mol. The summed E-state index contributed by atoms with van der Waals surface area (Å²) in [4.78, 5) is 24.1. The highest BCUT2D eigenvalue weighted by Crippen LogP contribution is 2.25. The number of likely N-dealkylation sites (N-methyl/N-ethyl adjacent to an activating group) is 1. The Bertz CT molecular complexity index is 503. The molecule has 0 aliphatic heterocycles. The number of carbonyl (C=O) groups excluding carboxylic acids is 2. The molecule has 1 rings (SSSR count). The first kappa shape index (κ1) is 14.9. The number of rotatable bonds is 4. The fourth-order valence-electron chi connectivity index (χ4n) is 1.63. The average Bonchev–Trinajstić information content (AvgIpc) is 2.33. The van der Waals surface area contributed by atoms with Crippen molar-refractivity contribution in [2.24, 2.45) is 0 Å². The number of phenolic OH excluding ortho intramolecular Hbond substituents is 1. The summed E-state index contributed by atoms with van der Waals surface area (Å²) in [6, 6.07) is 2.54. The van der Waals surface area contributed by atoms with Gasteiger partial charge in [0.1, 0.15) is 0 Å². The molecule has 5 nitrogen and oxygen atoms in total. The van der Waals surface area contributed by atoms with Gasteiger partial charge < -0.3 is 15.3 Å². The Hall–Kier alpha value is -2.11. The highest BCUT2D eigenvalue weighted by atomic mass is 19.1. The van der Waals surface area contributed by atoms with Gasteiger partial charge in [-0.2, -0.15) is 0 Å². The van der Waals surface area contributed by atoms with Crippen molar-refractivity contribution >= 4 is 11.8 Å². The van der Waals surface area contributed by atoms with Crippen molar-refractivity contribution in [3.8, 4) is 5.75 Å². The summed E-state index contributed by atoms with van der Waals surface area (Å²) in [7, 11) is 1.52. The van der Waals surface area contributed by atoms with Crippen molar-refractivity contribution in [2.75, 3.05) is 20.1 Å². The monoisotopic (exact) mass is 268 g/mol. The molecule has 0 heterocycles. The minimum atomic E-state index is -0.829. The van der Waals surface area contributed by atoms with Crippen LogP contribution in [-0.2, 0) is 4.79 Å². The zero-order valence-corrected chi connectivity index (χ0v) is 11.2. The van der Waals surface area contributed by atoms with Gasteiger partial charge in [-0.05, 0) is 18.6 Å². The van der Waals surface area contributed by atoms with Crippen LogP contribution in [0.3, 0.4) is 0 Å². The van der Waals surface area contributed by atoms with Crippen molar-refractivity contribution in [3.63, 3.8) is 0 Å². The Morgan fingerprint density at radius 2 is 2.05 bits per heavy atom. The molecule has 0 saturated heterocycles. The molecule has 1 aromatic carbocycles. The van der Waals surface area contributed by atoms with E-state index >= 15 is 0 Å². The van der Waals surface area contributed by atoms with Crippen molar-refractivity contribution in [1.82, 2.24) is 10.2 Å². The van der Waals surface area contributed by atoms with Gasteiger partial charge in [0.2, 0.25) is 5.91 Å². The summed E-state index contributed by atoms with van der Waals surface area (Å²) in [5.41, 5.74) is 0.445. The highest BCUT2D eigenvalue weighted by Gasteiger charge is 2.20. The first-order valence-corrected chi connectivity index (χ1v) is 5.82. The number of phenols is 1. The lowest BCUT2D eigenvalue weighted by Crippen LogP contribution is -2.35. The number of nitrogens with zero attached hydrogens (tertiary/aromatic N) is 1. The van der Waals surface area contributed by atoms with Crippen molar-refractivity contribution in [3.05, 3.63) is 29.1 Å². The molecule has 0 unspecified atom stereocenters. The SMILES string of the molecule is CC(=O)NCCN(C)C(=O)c1c(C)ccc(F)c1O. The third-order valence-electron chi connectivity index (χ3n) is 2.72. The van der Waals surface area contributed by atoms with E-state index in [9.17, 15) is 19.1 Å². The number of benzene rings is 1. The Morgan fingerprint density at radius 1 is 1.42 bits per heavy atom. The summed E-state index contributed by atoms with van der Waals surface area (Å²) in [5, 5.41) is 12.2. The number of amides is 2. The molecule has 0 bridgehead atoms. The van der Waals surface area contributed by atoms with E-state index in [-0.39, 0.29) is 18.0 Å². The van der Waals surface area contributed by atoms with Crippen LogP contribution in [0.25, 0.3) is 0 Å². The lowest BCUT2D eigenvalue weighted by molar-refractivity contribution is -0.118. The zero-order valence-electron chi connectivity index (χ0n) is 11.2. The van der Waals surface area contributed by atoms with Gasteiger partial charge in [0, 0.05) is 27.1 Å².